The Kier molecular flexibility index (Phi) is 5.37. The van der Waals surface area contributed by atoms with Gasteiger partial charge in [-0.25, -0.2) is 8.42 Å². The average molecular weight is 370 g/mol. The number of hydrogen-bond acceptors (Lipinski definition) is 4. The van der Waals surface area contributed by atoms with Crippen molar-refractivity contribution in [3.05, 3.63) is 29.8 Å². The van der Waals surface area contributed by atoms with Crippen molar-refractivity contribution < 1.29 is 26.4 Å². The third-order valence-corrected chi connectivity index (χ3v) is 6.51. The van der Waals surface area contributed by atoms with Gasteiger partial charge in [-0.2, -0.15) is 13.2 Å². The van der Waals surface area contributed by atoms with Gasteiger partial charge in [-0.3, -0.25) is 4.90 Å². The van der Waals surface area contributed by atoms with Crippen LogP contribution in [-0.2, 0) is 20.8 Å². The number of alkyl halides is 4. The fraction of sp³-hybridized carbons (Fsp3) is 0.500. The number of benzene rings is 1. The molecule has 0 spiro atoms. The average Bonchev–Trinajstić information content (AvgIpc) is 2.53. The number of rotatable bonds is 4. The standard InChI is InChI=1S/C14H15ClF3NO3S/c15-13(9-20)19-6-4-11(5-7-19)23(21,22)12-3-1-2-10(8-12)14(16,17)18/h1-3,8-9,11,13H,4-7H2. The van der Waals surface area contributed by atoms with Crippen molar-refractivity contribution in [2.75, 3.05) is 13.1 Å². The molecule has 1 heterocycles. The molecular weight excluding hydrogens is 355 g/mol. The van der Waals surface area contributed by atoms with E-state index in [0.717, 1.165) is 12.1 Å². The molecule has 1 atom stereocenters. The number of likely N-dealkylation sites (tertiary alicyclic amines) is 1. The molecule has 4 nitrogen and oxygen atoms in total. The van der Waals surface area contributed by atoms with Crippen LogP contribution in [0.1, 0.15) is 18.4 Å². The van der Waals surface area contributed by atoms with Gasteiger partial charge in [0.2, 0.25) is 0 Å². The van der Waals surface area contributed by atoms with Crippen LogP contribution >= 0.6 is 11.6 Å². The van der Waals surface area contributed by atoms with Crippen LogP contribution < -0.4 is 0 Å². The van der Waals surface area contributed by atoms with Crippen LogP contribution in [0.3, 0.4) is 0 Å². The van der Waals surface area contributed by atoms with Crippen molar-refractivity contribution in [1.82, 2.24) is 4.90 Å². The van der Waals surface area contributed by atoms with E-state index in [2.05, 4.69) is 0 Å². The molecule has 1 aromatic carbocycles. The van der Waals surface area contributed by atoms with Crippen LogP contribution in [-0.4, -0.2) is 43.4 Å². The monoisotopic (exact) mass is 369 g/mol. The van der Waals surface area contributed by atoms with Gasteiger partial charge >= 0.3 is 6.18 Å². The van der Waals surface area contributed by atoms with E-state index in [4.69, 9.17) is 11.6 Å². The highest BCUT2D eigenvalue weighted by atomic mass is 35.5. The first-order valence-corrected chi connectivity index (χ1v) is 8.89. The number of carbonyl (C=O) groups excluding carboxylic acids is 1. The molecule has 1 aromatic rings. The second kappa shape index (κ2) is 6.78. The molecular formula is C14H15ClF3NO3S. The molecule has 0 saturated carbocycles. The molecule has 1 aliphatic heterocycles. The highest BCUT2D eigenvalue weighted by Gasteiger charge is 2.35. The predicted molar refractivity (Wildman–Crippen MR) is 78.9 cm³/mol. The maximum atomic E-state index is 12.7. The van der Waals surface area contributed by atoms with Crippen LogP contribution in [0.15, 0.2) is 29.2 Å². The molecule has 1 unspecified atom stereocenters. The molecule has 0 aliphatic carbocycles. The van der Waals surface area contributed by atoms with Gasteiger partial charge in [0, 0.05) is 13.1 Å². The number of hydrogen-bond donors (Lipinski definition) is 0. The molecule has 0 radical (unpaired) electrons. The first-order chi connectivity index (χ1) is 10.7. The Morgan fingerprint density at radius 3 is 2.39 bits per heavy atom. The molecule has 9 heteroatoms. The summed E-state index contributed by atoms with van der Waals surface area (Å²) in [6.07, 6.45) is -3.60. The van der Waals surface area contributed by atoms with Gasteiger partial charge in [0.1, 0.15) is 5.50 Å². The topological polar surface area (TPSA) is 54.5 Å². The van der Waals surface area contributed by atoms with E-state index >= 15 is 0 Å². The zero-order valence-corrected chi connectivity index (χ0v) is 13.5. The van der Waals surface area contributed by atoms with E-state index in [-0.39, 0.29) is 17.7 Å². The van der Waals surface area contributed by atoms with Gasteiger partial charge in [0.25, 0.3) is 0 Å². The Morgan fingerprint density at radius 1 is 1.26 bits per heavy atom. The molecule has 23 heavy (non-hydrogen) atoms. The molecule has 1 fully saturated rings. The quantitative estimate of drug-likeness (QED) is 0.465. The van der Waals surface area contributed by atoms with Crippen molar-refractivity contribution in [1.29, 1.82) is 0 Å². The van der Waals surface area contributed by atoms with Gasteiger partial charge in [-0.1, -0.05) is 17.7 Å². The van der Waals surface area contributed by atoms with Crippen LogP contribution in [0.5, 0.6) is 0 Å². The van der Waals surface area contributed by atoms with Crippen molar-refractivity contribution in [2.45, 2.75) is 34.7 Å². The largest absolute Gasteiger partial charge is 0.416 e. The second-order valence-electron chi connectivity index (χ2n) is 5.31. The summed E-state index contributed by atoms with van der Waals surface area (Å²) in [5.41, 5.74) is -1.80. The molecule has 0 N–H and O–H groups in total. The normalized spacial score (nSPS) is 19.5. The van der Waals surface area contributed by atoms with Gasteiger partial charge in [0.05, 0.1) is 15.7 Å². The lowest BCUT2D eigenvalue weighted by Crippen LogP contribution is -2.43. The minimum Gasteiger partial charge on any atom is -0.300 e. The maximum Gasteiger partial charge on any atom is 0.416 e. The van der Waals surface area contributed by atoms with Gasteiger partial charge in [-0.15, -0.1) is 0 Å². The Morgan fingerprint density at radius 2 is 1.87 bits per heavy atom. The SMILES string of the molecule is O=CC(Cl)N1CCC(S(=O)(=O)c2cccc(C(F)(F)F)c2)CC1. The lowest BCUT2D eigenvalue weighted by Gasteiger charge is -2.32. The van der Waals surface area contributed by atoms with E-state index in [9.17, 15) is 26.4 Å². The number of carbonyl (C=O) groups is 1. The highest BCUT2D eigenvalue weighted by Crippen LogP contribution is 2.32. The molecule has 0 bridgehead atoms. The molecule has 0 aromatic heterocycles. The van der Waals surface area contributed by atoms with E-state index in [0.29, 0.717) is 25.4 Å². The summed E-state index contributed by atoms with van der Waals surface area (Å²) in [4.78, 5) is 11.9. The van der Waals surface area contributed by atoms with Crippen LogP contribution in [0.4, 0.5) is 13.2 Å². The first kappa shape index (κ1) is 18.2. The van der Waals surface area contributed by atoms with Crippen LogP contribution in [0.25, 0.3) is 0 Å². The van der Waals surface area contributed by atoms with Crippen molar-refractivity contribution >= 4 is 27.7 Å². The fourth-order valence-electron chi connectivity index (χ4n) is 2.56. The summed E-state index contributed by atoms with van der Waals surface area (Å²) in [5.74, 6) is 0. The molecule has 128 valence electrons. The van der Waals surface area contributed by atoms with Crippen LogP contribution in [0, 0.1) is 0 Å². The Bertz CT molecular complexity index is 670. The summed E-state index contributed by atoms with van der Waals surface area (Å²) < 4.78 is 63.2. The zero-order valence-electron chi connectivity index (χ0n) is 12.0. The Labute approximate surface area is 137 Å². The van der Waals surface area contributed by atoms with Crippen molar-refractivity contribution in [2.24, 2.45) is 0 Å². The van der Waals surface area contributed by atoms with Crippen molar-refractivity contribution in [3.63, 3.8) is 0 Å². The Balaban J connectivity index is 2.19. The predicted octanol–water partition coefficient (Wildman–Crippen LogP) is 2.71. The van der Waals surface area contributed by atoms with Gasteiger partial charge < -0.3 is 4.79 Å². The summed E-state index contributed by atoms with van der Waals surface area (Å²) in [6.45, 7) is 0.603. The third-order valence-electron chi connectivity index (χ3n) is 3.87. The van der Waals surface area contributed by atoms with E-state index in [1.54, 1.807) is 4.90 Å². The smallest absolute Gasteiger partial charge is 0.300 e. The lowest BCUT2D eigenvalue weighted by atomic mass is 10.1. The number of piperidine rings is 1. The number of halogens is 4. The summed E-state index contributed by atoms with van der Waals surface area (Å²) in [6, 6.07) is 3.76. The summed E-state index contributed by atoms with van der Waals surface area (Å²) in [5, 5.41) is -0.780. The first-order valence-electron chi connectivity index (χ1n) is 6.91. The number of aldehydes is 1. The van der Waals surface area contributed by atoms with Gasteiger partial charge in [0.15, 0.2) is 16.1 Å². The van der Waals surface area contributed by atoms with Gasteiger partial charge in [-0.05, 0) is 31.0 Å². The minimum absolute atomic E-state index is 0.218. The maximum absolute atomic E-state index is 12.7. The Hall–Kier alpha value is -1.12. The summed E-state index contributed by atoms with van der Waals surface area (Å²) >= 11 is 5.78. The molecule has 2 rings (SSSR count). The number of nitrogens with zero attached hydrogens (tertiary/aromatic N) is 1. The van der Waals surface area contributed by atoms with Crippen LogP contribution in [0.2, 0.25) is 0 Å². The highest BCUT2D eigenvalue weighted by molar-refractivity contribution is 7.92. The fourth-order valence-corrected chi connectivity index (χ4v) is 4.53. The van der Waals surface area contributed by atoms with Crippen molar-refractivity contribution in [3.8, 4) is 0 Å². The summed E-state index contributed by atoms with van der Waals surface area (Å²) in [7, 11) is -3.86. The third kappa shape index (κ3) is 4.05. The molecule has 0 amide bonds. The molecule has 1 saturated heterocycles. The minimum atomic E-state index is -4.59. The second-order valence-corrected chi connectivity index (χ2v) is 7.99. The molecule has 1 aliphatic rings. The number of sulfone groups is 1. The van der Waals surface area contributed by atoms with E-state index in [1.165, 1.54) is 6.07 Å². The zero-order chi connectivity index (χ0) is 17.3. The van der Waals surface area contributed by atoms with E-state index in [1.807, 2.05) is 0 Å². The van der Waals surface area contributed by atoms with E-state index < -0.39 is 32.3 Å². The lowest BCUT2D eigenvalue weighted by molar-refractivity contribution is -0.137.